The summed E-state index contributed by atoms with van der Waals surface area (Å²) in [6.45, 7) is 5.28. The Hall–Kier alpha value is -0.800. The molecule has 2 unspecified atom stereocenters. The van der Waals surface area contributed by atoms with E-state index in [9.17, 15) is 0 Å². The SMILES string of the molecule is CCN(C1CC1)C(c1ccco1)C(C)N. The summed E-state index contributed by atoms with van der Waals surface area (Å²) in [6, 6.07) is 5.02. The van der Waals surface area contributed by atoms with E-state index in [4.69, 9.17) is 10.2 Å². The number of rotatable bonds is 5. The highest BCUT2D eigenvalue weighted by Crippen LogP contribution is 2.35. The molecule has 1 aromatic heterocycles. The van der Waals surface area contributed by atoms with Gasteiger partial charge in [0.2, 0.25) is 0 Å². The molecule has 1 aliphatic carbocycles. The van der Waals surface area contributed by atoms with Crippen LogP contribution in [0.4, 0.5) is 0 Å². The van der Waals surface area contributed by atoms with Gasteiger partial charge in [0.05, 0.1) is 12.3 Å². The monoisotopic (exact) mass is 208 g/mol. The molecule has 0 aliphatic heterocycles. The number of hydrogen-bond acceptors (Lipinski definition) is 3. The van der Waals surface area contributed by atoms with E-state index in [2.05, 4.69) is 18.7 Å². The van der Waals surface area contributed by atoms with Gasteiger partial charge in [0.15, 0.2) is 0 Å². The van der Waals surface area contributed by atoms with Crippen LogP contribution in [0.15, 0.2) is 22.8 Å². The van der Waals surface area contributed by atoms with E-state index >= 15 is 0 Å². The fourth-order valence-electron chi connectivity index (χ4n) is 2.27. The molecule has 0 bridgehead atoms. The first-order chi connectivity index (χ1) is 7.24. The quantitative estimate of drug-likeness (QED) is 0.806. The lowest BCUT2D eigenvalue weighted by molar-refractivity contribution is 0.153. The number of nitrogens with two attached hydrogens (primary N) is 1. The van der Waals surface area contributed by atoms with Gasteiger partial charge in [0.1, 0.15) is 5.76 Å². The van der Waals surface area contributed by atoms with Gasteiger partial charge in [0.25, 0.3) is 0 Å². The first kappa shape index (κ1) is 10.7. The van der Waals surface area contributed by atoms with Gasteiger partial charge in [0, 0.05) is 12.1 Å². The Morgan fingerprint density at radius 3 is 2.73 bits per heavy atom. The zero-order chi connectivity index (χ0) is 10.8. The molecule has 0 spiro atoms. The number of nitrogens with zero attached hydrogens (tertiary/aromatic N) is 1. The average molecular weight is 208 g/mol. The lowest BCUT2D eigenvalue weighted by Crippen LogP contribution is -2.40. The van der Waals surface area contributed by atoms with Crippen molar-refractivity contribution >= 4 is 0 Å². The molecular formula is C12H20N2O. The van der Waals surface area contributed by atoms with Gasteiger partial charge in [-0.3, -0.25) is 4.90 Å². The summed E-state index contributed by atoms with van der Waals surface area (Å²) in [6.07, 6.45) is 4.33. The van der Waals surface area contributed by atoms with Gasteiger partial charge < -0.3 is 10.2 Å². The van der Waals surface area contributed by atoms with Crippen LogP contribution >= 0.6 is 0 Å². The van der Waals surface area contributed by atoms with Crippen molar-refractivity contribution in [3.05, 3.63) is 24.2 Å². The van der Waals surface area contributed by atoms with Crippen LogP contribution in [0.5, 0.6) is 0 Å². The third kappa shape index (κ3) is 2.24. The normalized spacial score (nSPS) is 20.5. The maximum atomic E-state index is 6.07. The Labute approximate surface area is 91.2 Å². The minimum Gasteiger partial charge on any atom is -0.468 e. The number of likely N-dealkylation sites (N-methyl/N-ethyl adjacent to an activating group) is 1. The summed E-state index contributed by atoms with van der Waals surface area (Å²) < 4.78 is 5.50. The standard InChI is InChI=1S/C12H20N2O/c1-3-14(10-6-7-10)12(9(2)13)11-5-4-8-15-11/h4-5,8-10,12H,3,6-7,13H2,1-2H3. The molecule has 3 heteroatoms. The summed E-state index contributed by atoms with van der Waals surface area (Å²) in [7, 11) is 0. The molecule has 3 nitrogen and oxygen atoms in total. The summed E-state index contributed by atoms with van der Waals surface area (Å²) in [4.78, 5) is 2.46. The highest BCUT2D eigenvalue weighted by atomic mass is 16.3. The van der Waals surface area contributed by atoms with Crippen molar-refractivity contribution in [2.45, 2.75) is 44.8 Å². The molecular weight excluding hydrogens is 188 g/mol. The van der Waals surface area contributed by atoms with Gasteiger partial charge >= 0.3 is 0 Å². The van der Waals surface area contributed by atoms with Crippen molar-refractivity contribution in [3.8, 4) is 0 Å². The molecule has 2 N–H and O–H groups in total. The van der Waals surface area contributed by atoms with Gasteiger partial charge in [-0.25, -0.2) is 0 Å². The van der Waals surface area contributed by atoms with E-state index in [0.717, 1.165) is 18.3 Å². The van der Waals surface area contributed by atoms with E-state index in [-0.39, 0.29) is 12.1 Å². The molecule has 2 rings (SSSR count). The Balaban J connectivity index is 2.18. The third-order valence-electron chi connectivity index (χ3n) is 3.07. The van der Waals surface area contributed by atoms with Crippen molar-refractivity contribution in [3.63, 3.8) is 0 Å². The van der Waals surface area contributed by atoms with Crippen LogP contribution in [0.1, 0.15) is 38.5 Å². The number of furan rings is 1. The van der Waals surface area contributed by atoms with Crippen molar-refractivity contribution in [2.75, 3.05) is 6.54 Å². The van der Waals surface area contributed by atoms with E-state index in [1.54, 1.807) is 6.26 Å². The molecule has 1 aromatic rings. The Morgan fingerprint density at radius 2 is 2.33 bits per heavy atom. The molecule has 1 heterocycles. The van der Waals surface area contributed by atoms with Crippen LogP contribution in [-0.4, -0.2) is 23.5 Å². The first-order valence-electron chi connectivity index (χ1n) is 5.78. The van der Waals surface area contributed by atoms with Gasteiger partial charge in [-0.2, -0.15) is 0 Å². The average Bonchev–Trinajstić information content (AvgIpc) is 2.90. The van der Waals surface area contributed by atoms with E-state index < -0.39 is 0 Å². The van der Waals surface area contributed by atoms with Crippen LogP contribution in [0.2, 0.25) is 0 Å². The predicted octanol–water partition coefficient (Wildman–Crippen LogP) is 2.15. The molecule has 84 valence electrons. The fourth-order valence-corrected chi connectivity index (χ4v) is 2.27. The molecule has 0 radical (unpaired) electrons. The minimum atomic E-state index is 0.108. The minimum absolute atomic E-state index is 0.108. The van der Waals surface area contributed by atoms with Gasteiger partial charge in [-0.15, -0.1) is 0 Å². The molecule has 2 atom stereocenters. The summed E-state index contributed by atoms with van der Waals surface area (Å²) >= 11 is 0. The molecule has 1 aliphatic rings. The Bertz CT molecular complexity index is 291. The molecule has 1 fully saturated rings. The van der Waals surface area contributed by atoms with E-state index in [1.807, 2.05) is 12.1 Å². The van der Waals surface area contributed by atoms with Crippen molar-refractivity contribution in [1.82, 2.24) is 4.90 Å². The highest BCUT2D eigenvalue weighted by Gasteiger charge is 2.36. The maximum Gasteiger partial charge on any atom is 0.122 e. The third-order valence-corrected chi connectivity index (χ3v) is 3.07. The van der Waals surface area contributed by atoms with Crippen LogP contribution < -0.4 is 5.73 Å². The second-order valence-electron chi connectivity index (χ2n) is 4.38. The summed E-state index contributed by atoms with van der Waals surface area (Å²) in [5.74, 6) is 0.999. The van der Waals surface area contributed by atoms with Gasteiger partial charge in [-0.1, -0.05) is 6.92 Å². The highest BCUT2D eigenvalue weighted by molar-refractivity contribution is 5.09. The van der Waals surface area contributed by atoms with Gasteiger partial charge in [-0.05, 0) is 38.4 Å². The molecule has 0 saturated heterocycles. The van der Waals surface area contributed by atoms with Crippen LogP contribution in [0, 0.1) is 0 Å². The zero-order valence-electron chi connectivity index (χ0n) is 9.52. The lowest BCUT2D eigenvalue weighted by atomic mass is 10.1. The van der Waals surface area contributed by atoms with Crippen LogP contribution in [-0.2, 0) is 0 Å². The maximum absolute atomic E-state index is 6.07. The van der Waals surface area contributed by atoms with Crippen molar-refractivity contribution < 1.29 is 4.42 Å². The van der Waals surface area contributed by atoms with Crippen molar-refractivity contribution in [1.29, 1.82) is 0 Å². The van der Waals surface area contributed by atoms with Crippen molar-refractivity contribution in [2.24, 2.45) is 5.73 Å². The first-order valence-corrected chi connectivity index (χ1v) is 5.78. The Kier molecular flexibility index (Phi) is 3.12. The second kappa shape index (κ2) is 4.37. The summed E-state index contributed by atoms with van der Waals surface area (Å²) in [5, 5.41) is 0. The molecule has 15 heavy (non-hydrogen) atoms. The number of hydrogen-bond donors (Lipinski definition) is 1. The molecule has 0 aromatic carbocycles. The fraction of sp³-hybridized carbons (Fsp3) is 0.667. The molecule has 0 amide bonds. The van der Waals surface area contributed by atoms with Crippen LogP contribution in [0.25, 0.3) is 0 Å². The van der Waals surface area contributed by atoms with E-state index in [1.165, 1.54) is 12.8 Å². The smallest absolute Gasteiger partial charge is 0.122 e. The topological polar surface area (TPSA) is 42.4 Å². The second-order valence-corrected chi connectivity index (χ2v) is 4.38. The molecule has 1 saturated carbocycles. The largest absolute Gasteiger partial charge is 0.468 e. The lowest BCUT2D eigenvalue weighted by Gasteiger charge is -2.31. The van der Waals surface area contributed by atoms with E-state index in [0.29, 0.717) is 0 Å². The summed E-state index contributed by atoms with van der Waals surface area (Å²) in [5.41, 5.74) is 6.07. The zero-order valence-corrected chi connectivity index (χ0v) is 9.52. The van der Waals surface area contributed by atoms with Crippen LogP contribution in [0.3, 0.4) is 0 Å². The predicted molar refractivity (Wildman–Crippen MR) is 60.5 cm³/mol. The Morgan fingerprint density at radius 1 is 1.60 bits per heavy atom.